The molecule has 0 aliphatic heterocycles. The summed E-state index contributed by atoms with van der Waals surface area (Å²) in [5.41, 5.74) is 0. The van der Waals surface area contributed by atoms with Gasteiger partial charge in [0.2, 0.25) is 5.91 Å². The molecule has 1 aliphatic rings. The Labute approximate surface area is 93.0 Å². The van der Waals surface area contributed by atoms with E-state index >= 15 is 0 Å². The largest absolute Gasteiger partial charge is 0.352 e. The molecular formula is C12H24N2O. The molecule has 0 aromatic heterocycles. The summed E-state index contributed by atoms with van der Waals surface area (Å²) in [5, 5.41) is 6.37. The van der Waals surface area contributed by atoms with Crippen molar-refractivity contribution in [2.75, 3.05) is 0 Å². The first-order valence-corrected chi connectivity index (χ1v) is 6.14. The van der Waals surface area contributed by atoms with Gasteiger partial charge in [0.15, 0.2) is 0 Å². The third-order valence-electron chi connectivity index (χ3n) is 3.31. The number of carbonyl (C=O) groups excluding carboxylic acids is 1. The minimum absolute atomic E-state index is 0.0550. The lowest BCUT2D eigenvalue weighted by molar-refractivity contribution is -0.123. The summed E-state index contributed by atoms with van der Waals surface area (Å²) in [6.07, 6.45) is 3.44. The number of nitrogens with one attached hydrogen (secondary N) is 2. The Morgan fingerprint density at radius 3 is 2.53 bits per heavy atom. The van der Waals surface area contributed by atoms with E-state index in [2.05, 4.69) is 24.5 Å². The van der Waals surface area contributed by atoms with Gasteiger partial charge in [0.25, 0.3) is 0 Å². The van der Waals surface area contributed by atoms with E-state index in [4.69, 9.17) is 0 Å². The van der Waals surface area contributed by atoms with Crippen LogP contribution in [0.2, 0.25) is 0 Å². The maximum absolute atomic E-state index is 11.7. The lowest BCUT2D eigenvalue weighted by Gasteiger charge is -2.17. The van der Waals surface area contributed by atoms with Crippen LogP contribution in [0.1, 0.15) is 47.0 Å². The van der Waals surface area contributed by atoms with Crippen LogP contribution in [0.25, 0.3) is 0 Å². The molecule has 0 bridgehead atoms. The fraction of sp³-hybridized carbons (Fsp3) is 0.917. The summed E-state index contributed by atoms with van der Waals surface area (Å²) in [7, 11) is 0. The van der Waals surface area contributed by atoms with Crippen LogP contribution >= 0.6 is 0 Å². The monoisotopic (exact) mass is 212 g/mol. The summed E-state index contributed by atoms with van der Waals surface area (Å²) >= 11 is 0. The van der Waals surface area contributed by atoms with Gasteiger partial charge in [0.05, 0.1) is 6.04 Å². The smallest absolute Gasteiger partial charge is 0.237 e. The Kier molecular flexibility index (Phi) is 4.58. The average Bonchev–Trinajstić information content (AvgIpc) is 2.96. The molecule has 1 rings (SSSR count). The minimum Gasteiger partial charge on any atom is -0.352 e. The minimum atomic E-state index is -0.0550. The first kappa shape index (κ1) is 12.5. The second-order valence-electron chi connectivity index (χ2n) is 4.72. The Morgan fingerprint density at radius 1 is 1.40 bits per heavy atom. The zero-order valence-corrected chi connectivity index (χ0v) is 10.3. The van der Waals surface area contributed by atoms with Crippen LogP contribution in [0.5, 0.6) is 0 Å². The van der Waals surface area contributed by atoms with Crippen molar-refractivity contribution in [2.24, 2.45) is 5.92 Å². The zero-order valence-electron chi connectivity index (χ0n) is 10.3. The molecule has 3 nitrogen and oxygen atoms in total. The second kappa shape index (κ2) is 5.50. The number of hydrogen-bond donors (Lipinski definition) is 2. The molecule has 3 heteroatoms. The van der Waals surface area contributed by atoms with Gasteiger partial charge in [-0.2, -0.15) is 0 Å². The molecule has 0 aromatic rings. The molecule has 1 aliphatic carbocycles. The number of rotatable bonds is 6. The molecular weight excluding hydrogens is 188 g/mol. The van der Waals surface area contributed by atoms with E-state index in [1.54, 1.807) is 0 Å². The summed E-state index contributed by atoms with van der Waals surface area (Å²) < 4.78 is 0. The molecule has 0 radical (unpaired) electrons. The van der Waals surface area contributed by atoms with Gasteiger partial charge in [-0.3, -0.25) is 4.79 Å². The Morgan fingerprint density at radius 2 is 2.07 bits per heavy atom. The Bertz CT molecular complexity index is 218. The molecule has 1 amide bonds. The van der Waals surface area contributed by atoms with Crippen LogP contribution < -0.4 is 10.6 Å². The highest BCUT2D eigenvalue weighted by molar-refractivity contribution is 5.81. The van der Waals surface area contributed by atoms with Crippen LogP contribution in [-0.4, -0.2) is 24.0 Å². The standard InChI is InChI=1S/C12H24N2O/c1-5-8(3)13-12(15)9(4)14-11-7-10(11)6-2/h8-11,14H,5-7H2,1-4H3,(H,13,15). The van der Waals surface area contributed by atoms with Crippen molar-refractivity contribution in [3.05, 3.63) is 0 Å². The normalized spacial score (nSPS) is 28.3. The van der Waals surface area contributed by atoms with Crippen molar-refractivity contribution in [3.63, 3.8) is 0 Å². The van der Waals surface area contributed by atoms with Gasteiger partial charge in [0, 0.05) is 12.1 Å². The van der Waals surface area contributed by atoms with E-state index in [1.165, 1.54) is 12.8 Å². The summed E-state index contributed by atoms with van der Waals surface area (Å²) in [4.78, 5) is 11.7. The van der Waals surface area contributed by atoms with Crippen molar-refractivity contribution >= 4 is 5.91 Å². The number of carbonyl (C=O) groups is 1. The van der Waals surface area contributed by atoms with Gasteiger partial charge in [0.1, 0.15) is 0 Å². The van der Waals surface area contributed by atoms with Crippen molar-refractivity contribution < 1.29 is 4.79 Å². The van der Waals surface area contributed by atoms with Crippen molar-refractivity contribution in [3.8, 4) is 0 Å². The van der Waals surface area contributed by atoms with Crippen LogP contribution in [0, 0.1) is 5.92 Å². The lowest BCUT2D eigenvalue weighted by atomic mass is 10.2. The van der Waals surface area contributed by atoms with Gasteiger partial charge >= 0.3 is 0 Å². The molecule has 15 heavy (non-hydrogen) atoms. The van der Waals surface area contributed by atoms with E-state index in [9.17, 15) is 4.79 Å². The van der Waals surface area contributed by atoms with Crippen LogP contribution in [0.15, 0.2) is 0 Å². The summed E-state index contributed by atoms with van der Waals surface area (Å²) in [6.45, 7) is 8.27. The molecule has 0 heterocycles. The zero-order chi connectivity index (χ0) is 11.4. The molecule has 2 N–H and O–H groups in total. The first-order valence-electron chi connectivity index (χ1n) is 6.14. The third-order valence-corrected chi connectivity index (χ3v) is 3.31. The SMILES string of the molecule is CCC(C)NC(=O)C(C)NC1CC1CC. The number of amides is 1. The molecule has 88 valence electrons. The molecule has 4 atom stereocenters. The molecule has 0 aromatic carbocycles. The molecule has 1 saturated carbocycles. The molecule has 1 fully saturated rings. The second-order valence-corrected chi connectivity index (χ2v) is 4.72. The quantitative estimate of drug-likeness (QED) is 0.703. The fourth-order valence-corrected chi connectivity index (χ4v) is 1.77. The maximum atomic E-state index is 11.7. The van der Waals surface area contributed by atoms with Gasteiger partial charge in [-0.25, -0.2) is 0 Å². The van der Waals surface area contributed by atoms with Gasteiger partial charge in [-0.15, -0.1) is 0 Å². The Balaban J connectivity index is 2.22. The highest BCUT2D eigenvalue weighted by Crippen LogP contribution is 2.33. The van der Waals surface area contributed by atoms with Crippen molar-refractivity contribution in [2.45, 2.75) is 65.1 Å². The van der Waals surface area contributed by atoms with Gasteiger partial charge in [-0.1, -0.05) is 20.3 Å². The third kappa shape index (κ3) is 3.82. The highest BCUT2D eigenvalue weighted by Gasteiger charge is 2.36. The Hall–Kier alpha value is -0.570. The van der Waals surface area contributed by atoms with E-state index in [-0.39, 0.29) is 18.0 Å². The summed E-state index contributed by atoms with van der Waals surface area (Å²) in [5.74, 6) is 0.926. The predicted molar refractivity (Wildman–Crippen MR) is 62.7 cm³/mol. The van der Waals surface area contributed by atoms with E-state index < -0.39 is 0 Å². The molecule has 0 saturated heterocycles. The summed E-state index contributed by atoms with van der Waals surface area (Å²) in [6, 6.07) is 0.802. The van der Waals surface area contributed by atoms with E-state index in [0.717, 1.165) is 12.3 Å². The molecule has 0 spiro atoms. The predicted octanol–water partition coefficient (Wildman–Crippen LogP) is 1.68. The lowest BCUT2D eigenvalue weighted by Crippen LogP contribution is -2.46. The number of hydrogen-bond acceptors (Lipinski definition) is 2. The topological polar surface area (TPSA) is 41.1 Å². The van der Waals surface area contributed by atoms with E-state index in [1.807, 2.05) is 13.8 Å². The fourth-order valence-electron chi connectivity index (χ4n) is 1.77. The van der Waals surface area contributed by atoms with Crippen LogP contribution in [0.4, 0.5) is 0 Å². The van der Waals surface area contributed by atoms with Gasteiger partial charge in [-0.05, 0) is 32.6 Å². The molecule has 4 unspecified atom stereocenters. The highest BCUT2D eigenvalue weighted by atomic mass is 16.2. The van der Waals surface area contributed by atoms with Crippen LogP contribution in [0.3, 0.4) is 0 Å². The van der Waals surface area contributed by atoms with E-state index in [0.29, 0.717) is 6.04 Å². The average molecular weight is 212 g/mol. The maximum Gasteiger partial charge on any atom is 0.237 e. The van der Waals surface area contributed by atoms with Crippen molar-refractivity contribution in [1.29, 1.82) is 0 Å². The van der Waals surface area contributed by atoms with Gasteiger partial charge < -0.3 is 10.6 Å². The van der Waals surface area contributed by atoms with Crippen LogP contribution in [-0.2, 0) is 4.79 Å². The first-order chi connectivity index (χ1) is 7.08. The van der Waals surface area contributed by atoms with Crippen molar-refractivity contribution in [1.82, 2.24) is 10.6 Å².